The Hall–Kier alpha value is -2.16. The van der Waals surface area contributed by atoms with Gasteiger partial charge < -0.3 is 9.15 Å². The Morgan fingerprint density at radius 3 is 2.54 bits per heavy atom. The van der Waals surface area contributed by atoms with Crippen molar-refractivity contribution in [3.05, 3.63) is 57.2 Å². The highest BCUT2D eigenvalue weighted by molar-refractivity contribution is 9.10. The fraction of sp³-hybridized carbons (Fsp3) is 0.0625. The third-order valence-electron chi connectivity index (χ3n) is 3.48. The molecule has 8 heteroatoms. The maximum atomic E-state index is 12.6. The lowest BCUT2D eigenvalue weighted by Crippen LogP contribution is -2.14. The molecule has 0 aliphatic rings. The molecular weight excluding hydrogens is 398 g/mol. The first-order chi connectivity index (χ1) is 11.3. The van der Waals surface area contributed by atoms with Crippen molar-refractivity contribution in [2.45, 2.75) is 4.90 Å². The molecule has 1 heterocycles. The molecule has 3 rings (SSSR count). The summed E-state index contributed by atoms with van der Waals surface area (Å²) in [6, 6.07) is 10.9. The molecule has 0 spiro atoms. The van der Waals surface area contributed by atoms with E-state index in [-0.39, 0.29) is 26.1 Å². The maximum absolute atomic E-state index is 12.6. The van der Waals surface area contributed by atoms with Gasteiger partial charge in [-0.05, 0) is 46.3 Å². The SMILES string of the molecule is COc1ccc2oc(-c3ccccc3S(N)(=O)=O)c(Br)c(=O)c2c1. The summed E-state index contributed by atoms with van der Waals surface area (Å²) in [5.74, 6) is 0.613. The quantitative estimate of drug-likeness (QED) is 0.716. The summed E-state index contributed by atoms with van der Waals surface area (Å²) in [6.45, 7) is 0. The fourth-order valence-corrected chi connectivity index (χ4v) is 3.60. The molecule has 2 N–H and O–H groups in total. The van der Waals surface area contributed by atoms with E-state index < -0.39 is 10.0 Å². The number of ether oxygens (including phenoxy) is 1. The lowest BCUT2D eigenvalue weighted by Gasteiger charge is -2.10. The molecule has 2 aromatic carbocycles. The van der Waals surface area contributed by atoms with Crippen LogP contribution in [0.3, 0.4) is 0 Å². The molecule has 1 aromatic heterocycles. The number of hydrogen-bond donors (Lipinski definition) is 1. The Kier molecular flexibility index (Phi) is 4.20. The number of benzene rings is 2. The highest BCUT2D eigenvalue weighted by Gasteiger charge is 2.21. The number of hydrogen-bond acceptors (Lipinski definition) is 5. The summed E-state index contributed by atoms with van der Waals surface area (Å²) in [5.41, 5.74) is 0.180. The normalized spacial score (nSPS) is 11.6. The van der Waals surface area contributed by atoms with Crippen LogP contribution in [0.15, 0.2) is 61.0 Å². The molecule has 0 unspecified atom stereocenters. The van der Waals surface area contributed by atoms with Crippen LogP contribution in [0.2, 0.25) is 0 Å². The largest absolute Gasteiger partial charge is 0.497 e. The van der Waals surface area contributed by atoms with Crippen LogP contribution < -0.4 is 15.3 Å². The molecule has 0 saturated heterocycles. The predicted molar refractivity (Wildman–Crippen MR) is 93.5 cm³/mol. The van der Waals surface area contributed by atoms with Crippen LogP contribution in [0.5, 0.6) is 5.75 Å². The second-order valence-corrected chi connectivity index (χ2v) is 7.30. The van der Waals surface area contributed by atoms with Crippen LogP contribution in [-0.2, 0) is 10.0 Å². The number of methoxy groups -OCH3 is 1. The average Bonchev–Trinajstić information content (AvgIpc) is 2.57. The van der Waals surface area contributed by atoms with Gasteiger partial charge in [0.2, 0.25) is 15.5 Å². The molecule has 0 bridgehead atoms. The van der Waals surface area contributed by atoms with Crippen LogP contribution >= 0.6 is 15.9 Å². The number of halogens is 1. The Labute approximate surface area is 146 Å². The van der Waals surface area contributed by atoms with Crippen LogP contribution in [0, 0.1) is 0 Å². The number of fused-ring (bicyclic) bond motifs is 1. The average molecular weight is 410 g/mol. The Morgan fingerprint density at radius 1 is 1.17 bits per heavy atom. The molecule has 6 nitrogen and oxygen atoms in total. The van der Waals surface area contributed by atoms with E-state index in [4.69, 9.17) is 14.3 Å². The molecule has 0 atom stereocenters. The van der Waals surface area contributed by atoms with Gasteiger partial charge in [-0.2, -0.15) is 0 Å². The Balaban J connectivity index is 2.38. The zero-order chi connectivity index (χ0) is 17.5. The smallest absolute Gasteiger partial charge is 0.238 e. The summed E-state index contributed by atoms with van der Waals surface area (Å²) in [4.78, 5) is 12.5. The summed E-state index contributed by atoms with van der Waals surface area (Å²) >= 11 is 3.20. The van der Waals surface area contributed by atoms with E-state index in [1.54, 1.807) is 30.3 Å². The van der Waals surface area contributed by atoms with Gasteiger partial charge in [-0.1, -0.05) is 12.1 Å². The first kappa shape index (κ1) is 16.7. The Morgan fingerprint density at radius 2 is 1.88 bits per heavy atom. The summed E-state index contributed by atoms with van der Waals surface area (Å²) in [6.07, 6.45) is 0. The summed E-state index contributed by atoms with van der Waals surface area (Å²) in [7, 11) is -2.48. The van der Waals surface area contributed by atoms with Crippen molar-refractivity contribution in [1.82, 2.24) is 0 Å². The predicted octanol–water partition coefficient (Wildman–Crippen LogP) is 2.88. The van der Waals surface area contributed by atoms with Crippen LogP contribution in [0.4, 0.5) is 0 Å². The first-order valence-electron chi connectivity index (χ1n) is 6.75. The van der Waals surface area contributed by atoms with E-state index in [9.17, 15) is 13.2 Å². The molecule has 0 aliphatic carbocycles. The van der Waals surface area contributed by atoms with E-state index in [1.165, 1.54) is 19.2 Å². The molecule has 0 aliphatic heterocycles. The van der Waals surface area contributed by atoms with E-state index in [0.717, 1.165) is 0 Å². The third kappa shape index (κ3) is 2.83. The molecule has 0 fully saturated rings. The molecule has 24 heavy (non-hydrogen) atoms. The minimum absolute atomic E-state index is 0.0993. The molecular formula is C16H12BrNO5S. The lowest BCUT2D eigenvalue weighted by atomic mass is 10.1. The lowest BCUT2D eigenvalue weighted by molar-refractivity contribution is 0.415. The second kappa shape index (κ2) is 6.04. The van der Waals surface area contributed by atoms with Gasteiger partial charge in [0.05, 0.1) is 17.4 Å². The monoisotopic (exact) mass is 409 g/mol. The van der Waals surface area contributed by atoms with Crippen LogP contribution in [0.1, 0.15) is 0 Å². The van der Waals surface area contributed by atoms with Crippen molar-refractivity contribution >= 4 is 36.9 Å². The topological polar surface area (TPSA) is 99.6 Å². The van der Waals surface area contributed by atoms with Gasteiger partial charge >= 0.3 is 0 Å². The summed E-state index contributed by atoms with van der Waals surface area (Å²) < 4.78 is 34.6. The van der Waals surface area contributed by atoms with Crippen LogP contribution in [-0.4, -0.2) is 15.5 Å². The van der Waals surface area contributed by atoms with Crippen molar-refractivity contribution in [2.24, 2.45) is 5.14 Å². The van der Waals surface area contributed by atoms with Gasteiger partial charge in [0.25, 0.3) is 0 Å². The van der Waals surface area contributed by atoms with Crippen LogP contribution in [0.25, 0.3) is 22.3 Å². The first-order valence-corrected chi connectivity index (χ1v) is 9.09. The van der Waals surface area contributed by atoms with Crippen molar-refractivity contribution in [2.75, 3.05) is 7.11 Å². The van der Waals surface area contributed by atoms with Gasteiger partial charge in [-0.3, -0.25) is 4.79 Å². The van der Waals surface area contributed by atoms with Gasteiger partial charge in [0.15, 0.2) is 5.76 Å². The van der Waals surface area contributed by atoms with Crippen molar-refractivity contribution in [3.8, 4) is 17.1 Å². The highest BCUT2D eigenvalue weighted by atomic mass is 79.9. The van der Waals surface area contributed by atoms with Crippen molar-refractivity contribution in [1.29, 1.82) is 0 Å². The zero-order valence-electron chi connectivity index (χ0n) is 12.4. The number of rotatable bonds is 3. The van der Waals surface area contributed by atoms with Gasteiger partial charge in [-0.25, -0.2) is 13.6 Å². The van der Waals surface area contributed by atoms with Gasteiger partial charge in [-0.15, -0.1) is 0 Å². The number of nitrogens with two attached hydrogens (primary N) is 1. The number of primary sulfonamides is 1. The zero-order valence-corrected chi connectivity index (χ0v) is 14.8. The second-order valence-electron chi connectivity index (χ2n) is 4.98. The molecule has 0 amide bonds. The molecule has 124 valence electrons. The van der Waals surface area contributed by atoms with E-state index in [1.807, 2.05) is 0 Å². The number of sulfonamides is 1. The Bertz CT molecular complexity index is 1110. The van der Waals surface area contributed by atoms with E-state index >= 15 is 0 Å². The van der Waals surface area contributed by atoms with Crippen molar-refractivity contribution in [3.63, 3.8) is 0 Å². The molecule has 3 aromatic rings. The van der Waals surface area contributed by atoms with E-state index in [0.29, 0.717) is 16.7 Å². The van der Waals surface area contributed by atoms with Crippen molar-refractivity contribution < 1.29 is 17.6 Å². The fourth-order valence-electron chi connectivity index (χ4n) is 2.35. The molecule has 0 radical (unpaired) electrons. The highest BCUT2D eigenvalue weighted by Crippen LogP contribution is 2.33. The maximum Gasteiger partial charge on any atom is 0.238 e. The summed E-state index contributed by atoms with van der Waals surface area (Å²) in [5, 5.41) is 5.57. The van der Waals surface area contributed by atoms with E-state index in [2.05, 4.69) is 15.9 Å². The minimum atomic E-state index is -3.98. The van der Waals surface area contributed by atoms with Gasteiger partial charge in [0.1, 0.15) is 15.8 Å². The molecule has 0 saturated carbocycles. The minimum Gasteiger partial charge on any atom is -0.497 e. The third-order valence-corrected chi connectivity index (χ3v) is 5.17. The van der Waals surface area contributed by atoms with Gasteiger partial charge in [0, 0.05) is 5.56 Å². The standard InChI is InChI=1S/C16H12BrNO5S/c1-22-9-6-7-12-11(8-9)15(19)14(17)16(23-12)10-4-2-3-5-13(10)24(18,20)21/h2-8H,1H3,(H2,18,20,21).